The van der Waals surface area contributed by atoms with Crippen LogP contribution in [0.4, 0.5) is 5.69 Å². The molecule has 0 radical (unpaired) electrons. The molecule has 0 atom stereocenters. The molecule has 3 heterocycles. The summed E-state index contributed by atoms with van der Waals surface area (Å²) in [5.41, 5.74) is 2.30. The number of piperidine rings is 1. The predicted octanol–water partition coefficient (Wildman–Crippen LogP) is 3.35. The molecule has 2 aromatic rings. The smallest absolute Gasteiger partial charge is 0.0964 e. The summed E-state index contributed by atoms with van der Waals surface area (Å²) in [4.78, 5) is 8.83. The summed E-state index contributed by atoms with van der Waals surface area (Å²) in [7, 11) is 0. The van der Waals surface area contributed by atoms with Crippen molar-refractivity contribution in [3.63, 3.8) is 0 Å². The first-order valence-electron chi connectivity index (χ1n) is 7.59. The summed E-state index contributed by atoms with van der Waals surface area (Å²) in [6.07, 6.45) is 7.75. The Bertz CT molecular complexity index is 627. The van der Waals surface area contributed by atoms with Crippen molar-refractivity contribution in [3.05, 3.63) is 30.7 Å². The Morgan fingerprint density at radius 3 is 2.57 bits per heavy atom. The number of aromatic nitrogens is 2. The lowest BCUT2D eigenvalue weighted by Gasteiger charge is -2.46. The average Bonchev–Trinajstić information content (AvgIpc) is 2.35. The van der Waals surface area contributed by atoms with E-state index in [-0.39, 0.29) is 11.1 Å². The van der Waals surface area contributed by atoms with Crippen LogP contribution in [-0.2, 0) is 0 Å². The van der Waals surface area contributed by atoms with Gasteiger partial charge in [0.15, 0.2) is 0 Å². The third-order valence-electron chi connectivity index (χ3n) is 4.06. The van der Waals surface area contributed by atoms with Crippen molar-refractivity contribution in [2.24, 2.45) is 0 Å². The van der Waals surface area contributed by atoms with Crippen molar-refractivity contribution in [1.29, 1.82) is 0 Å². The van der Waals surface area contributed by atoms with Gasteiger partial charge in [0.05, 0.1) is 17.4 Å². The number of pyridine rings is 2. The molecule has 1 fully saturated rings. The second kappa shape index (κ2) is 4.95. The molecular weight excluding hydrogens is 260 g/mol. The molecule has 1 aliphatic heterocycles. The maximum absolute atomic E-state index is 4.50. The van der Waals surface area contributed by atoms with Crippen LogP contribution in [0, 0.1) is 0 Å². The van der Waals surface area contributed by atoms with E-state index < -0.39 is 0 Å². The number of anilines is 1. The highest BCUT2D eigenvalue weighted by atomic mass is 15.1. The van der Waals surface area contributed by atoms with Gasteiger partial charge in [0, 0.05) is 34.9 Å². The molecule has 21 heavy (non-hydrogen) atoms. The van der Waals surface area contributed by atoms with Crippen LogP contribution in [0.5, 0.6) is 0 Å². The molecule has 0 bridgehead atoms. The van der Waals surface area contributed by atoms with E-state index in [1.54, 1.807) is 0 Å². The minimum Gasteiger partial charge on any atom is -0.379 e. The van der Waals surface area contributed by atoms with Crippen molar-refractivity contribution in [1.82, 2.24) is 15.3 Å². The second-order valence-electron chi connectivity index (χ2n) is 7.40. The molecular formula is C17H24N4. The van der Waals surface area contributed by atoms with Gasteiger partial charge in [-0.1, -0.05) is 0 Å². The van der Waals surface area contributed by atoms with Crippen LogP contribution in [0.25, 0.3) is 10.9 Å². The lowest BCUT2D eigenvalue weighted by molar-refractivity contribution is 0.170. The minimum absolute atomic E-state index is 0.130. The molecule has 0 spiro atoms. The standard InChI is InChI=1S/C17H24N4/c1-16(2)8-13(9-17(3,4)21-16)20-14-11-18-10-12-6-5-7-19-15(12)14/h5-7,10-11,13,20-21H,8-9H2,1-4H3. The van der Waals surface area contributed by atoms with Crippen molar-refractivity contribution in [3.8, 4) is 0 Å². The summed E-state index contributed by atoms with van der Waals surface area (Å²) in [6.45, 7) is 9.06. The van der Waals surface area contributed by atoms with Crippen LogP contribution in [0.15, 0.2) is 30.7 Å². The van der Waals surface area contributed by atoms with Crippen LogP contribution >= 0.6 is 0 Å². The maximum Gasteiger partial charge on any atom is 0.0964 e. The predicted molar refractivity (Wildman–Crippen MR) is 87.5 cm³/mol. The van der Waals surface area contributed by atoms with E-state index in [0.29, 0.717) is 6.04 Å². The van der Waals surface area contributed by atoms with E-state index in [0.717, 1.165) is 29.4 Å². The topological polar surface area (TPSA) is 49.8 Å². The van der Waals surface area contributed by atoms with E-state index in [1.165, 1.54) is 0 Å². The van der Waals surface area contributed by atoms with Crippen molar-refractivity contribution >= 4 is 16.6 Å². The van der Waals surface area contributed by atoms with E-state index in [1.807, 2.05) is 24.7 Å². The summed E-state index contributed by atoms with van der Waals surface area (Å²) < 4.78 is 0. The fraction of sp³-hybridized carbons (Fsp3) is 0.529. The lowest BCUT2D eigenvalue weighted by atomic mass is 9.79. The molecule has 0 amide bonds. The molecule has 0 aliphatic carbocycles. The van der Waals surface area contributed by atoms with Crippen LogP contribution in [0.1, 0.15) is 40.5 Å². The normalized spacial score (nSPS) is 21.3. The van der Waals surface area contributed by atoms with E-state index in [9.17, 15) is 0 Å². The van der Waals surface area contributed by atoms with Gasteiger partial charge in [-0.25, -0.2) is 0 Å². The fourth-order valence-electron chi connectivity index (χ4n) is 3.75. The highest BCUT2D eigenvalue weighted by Gasteiger charge is 2.37. The third kappa shape index (κ3) is 3.16. The monoisotopic (exact) mass is 284 g/mol. The van der Waals surface area contributed by atoms with Gasteiger partial charge < -0.3 is 10.6 Å². The van der Waals surface area contributed by atoms with Gasteiger partial charge in [-0.15, -0.1) is 0 Å². The van der Waals surface area contributed by atoms with Crippen molar-refractivity contribution in [2.45, 2.75) is 57.7 Å². The number of hydrogen-bond acceptors (Lipinski definition) is 4. The maximum atomic E-state index is 4.50. The Morgan fingerprint density at radius 2 is 1.86 bits per heavy atom. The number of hydrogen-bond donors (Lipinski definition) is 2. The van der Waals surface area contributed by atoms with E-state index in [4.69, 9.17) is 0 Å². The summed E-state index contributed by atoms with van der Waals surface area (Å²) >= 11 is 0. The Kier molecular flexibility index (Phi) is 3.36. The van der Waals surface area contributed by atoms with Gasteiger partial charge in [0.2, 0.25) is 0 Å². The minimum atomic E-state index is 0.130. The molecule has 4 nitrogen and oxygen atoms in total. The highest BCUT2D eigenvalue weighted by molar-refractivity contribution is 5.89. The van der Waals surface area contributed by atoms with Crippen LogP contribution < -0.4 is 10.6 Å². The lowest BCUT2D eigenvalue weighted by Crippen LogP contribution is -2.60. The zero-order valence-corrected chi connectivity index (χ0v) is 13.3. The van der Waals surface area contributed by atoms with Crippen molar-refractivity contribution < 1.29 is 0 Å². The molecule has 1 aliphatic rings. The summed E-state index contributed by atoms with van der Waals surface area (Å²) in [5, 5.41) is 8.46. The van der Waals surface area contributed by atoms with Crippen LogP contribution in [0.3, 0.4) is 0 Å². The van der Waals surface area contributed by atoms with Gasteiger partial charge in [-0.05, 0) is 52.7 Å². The number of fused-ring (bicyclic) bond motifs is 1. The van der Waals surface area contributed by atoms with Crippen molar-refractivity contribution in [2.75, 3.05) is 5.32 Å². The van der Waals surface area contributed by atoms with Gasteiger partial charge in [0.1, 0.15) is 0 Å². The molecule has 1 saturated heterocycles. The quantitative estimate of drug-likeness (QED) is 0.888. The largest absolute Gasteiger partial charge is 0.379 e. The first-order chi connectivity index (χ1) is 9.85. The Hall–Kier alpha value is -1.68. The molecule has 0 saturated carbocycles. The first kappa shape index (κ1) is 14.3. The Balaban J connectivity index is 1.88. The summed E-state index contributed by atoms with van der Waals surface area (Å²) in [6, 6.07) is 4.42. The Morgan fingerprint density at radius 1 is 1.14 bits per heavy atom. The van der Waals surface area contributed by atoms with Crippen LogP contribution in [0.2, 0.25) is 0 Å². The Labute approximate surface area is 126 Å². The van der Waals surface area contributed by atoms with E-state index in [2.05, 4.69) is 54.4 Å². The van der Waals surface area contributed by atoms with Gasteiger partial charge in [0.25, 0.3) is 0 Å². The number of rotatable bonds is 2. The van der Waals surface area contributed by atoms with Gasteiger partial charge in [-0.3, -0.25) is 9.97 Å². The molecule has 112 valence electrons. The molecule has 2 aromatic heterocycles. The first-order valence-corrected chi connectivity index (χ1v) is 7.59. The molecule has 0 aromatic carbocycles. The van der Waals surface area contributed by atoms with Gasteiger partial charge in [-0.2, -0.15) is 0 Å². The zero-order valence-electron chi connectivity index (χ0n) is 13.3. The second-order valence-corrected chi connectivity index (χ2v) is 7.40. The zero-order chi connectivity index (χ0) is 15.1. The summed E-state index contributed by atoms with van der Waals surface area (Å²) in [5.74, 6) is 0. The number of nitrogens with zero attached hydrogens (tertiary/aromatic N) is 2. The SMILES string of the molecule is CC1(C)CC(Nc2cncc3cccnc23)CC(C)(C)N1. The highest BCUT2D eigenvalue weighted by Crippen LogP contribution is 2.31. The molecule has 4 heteroatoms. The van der Waals surface area contributed by atoms with Crippen LogP contribution in [-0.4, -0.2) is 27.1 Å². The molecule has 3 rings (SSSR count). The average molecular weight is 284 g/mol. The molecule has 0 unspecified atom stereocenters. The molecule has 2 N–H and O–H groups in total. The third-order valence-corrected chi connectivity index (χ3v) is 4.06. The number of nitrogens with one attached hydrogen (secondary N) is 2. The fourth-order valence-corrected chi connectivity index (χ4v) is 3.75. The van der Waals surface area contributed by atoms with Gasteiger partial charge >= 0.3 is 0 Å². The van der Waals surface area contributed by atoms with E-state index >= 15 is 0 Å².